The van der Waals surface area contributed by atoms with Gasteiger partial charge in [-0.3, -0.25) is 9.69 Å². The Morgan fingerprint density at radius 2 is 2.03 bits per heavy atom. The zero-order chi connectivity index (χ0) is 25.1. The number of likely N-dealkylation sites (N-methyl/N-ethyl adjacent to an activating group) is 1. The number of aliphatic hydroxyl groups excluding tert-OH is 1. The number of carbonyl (C=O) groups excluding carboxylic acids is 1. The van der Waals surface area contributed by atoms with E-state index in [1.54, 1.807) is 11.1 Å². The zero-order valence-corrected chi connectivity index (χ0v) is 20.4. The molecule has 36 heavy (non-hydrogen) atoms. The number of rotatable bonds is 4. The first kappa shape index (κ1) is 23.1. The third-order valence-electron chi connectivity index (χ3n) is 7.94. The van der Waals surface area contributed by atoms with E-state index in [9.17, 15) is 18.7 Å². The molecule has 1 fully saturated rings. The molecule has 2 aliphatic heterocycles. The number of benzene rings is 1. The number of aliphatic hydroxyl groups is 1. The van der Waals surface area contributed by atoms with Gasteiger partial charge in [-0.2, -0.15) is 0 Å². The van der Waals surface area contributed by atoms with Crippen LogP contribution in [0.3, 0.4) is 0 Å². The van der Waals surface area contributed by atoms with Gasteiger partial charge in [0.15, 0.2) is 11.6 Å². The third kappa shape index (κ3) is 3.77. The molecule has 7 nitrogen and oxygen atoms in total. The summed E-state index contributed by atoms with van der Waals surface area (Å²) in [7, 11) is 3.71. The number of nitrogens with zero attached hydrogens (tertiary/aromatic N) is 4. The SMILES string of the molecule is CN1Cc2c(C3=CCN(CC(=O)N(C)C4CC(O)C4)CC3)[nH]c3nccc(c23)-c2cc(F)c(F)cc21. The van der Waals surface area contributed by atoms with E-state index in [1.807, 2.05) is 25.1 Å². The van der Waals surface area contributed by atoms with Crippen molar-refractivity contribution in [2.24, 2.45) is 0 Å². The van der Waals surface area contributed by atoms with E-state index in [-0.39, 0.29) is 18.1 Å². The van der Waals surface area contributed by atoms with Gasteiger partial charge in [-0.25, -0.2) is 13.8 Å². The Balaban J connectivity index is 1.28. The normalized spacial score (nSPS) is 21.6. The van der Waals surface area contributed by atoms with Gasteiger partial charge in [0.05, 0.1) is 12.6 Å². The number of H-pyrrole nitrogens is 1. The minimum Gasteiger partial charge on any atom is -0.393 e. The van der Waals surface area contributed by atoms with Gasteiger partial charge >= 0.3 is 0 Å². The molecule has 2 N–H and O–H groups in total. The molecule has 188 valence electrons. The Hall–Kier alpha value is -3.30. The number of pyridine rings is 1. The molecule has 9 heteroatoms. The summed E-state index contributed by atoms with van der Waals surface area (Å²) in [5.74, 6) is -1.65. The minimum absolute atomic E-state index is 0.0774. The topological polar surface area (TPSA) is 75.7 Å². The number of halogens is 2. The fraction of sp³-hybridized carbons (Fsp3) is 0.407. The van der Waals surface area contributed by atoms with Gasteiger partial charge in [-0.05, 0) is 42.5 Å². The first-order valence-corrected chi connectivity index (χ1v) is 12.4. The first-order chi connectivity index (χ1) is 17.3. The largest absolute Gasteiger partial charge is 0.393 e. The summed E-state index contributed by atoms with van der Waals surface area (Å²) in [6.07, 6.45) is 5.65. The number of amides is 1. The fourth-order valence-electron chi connectivity index (χ4n) is 5.69. The molecule has 0 saturated heterocycles. The van der Waals surface area contributed by atoms with Gasteiger partial charge < -0.3 is 19.9 Å². The average Bonchev–Trinajstić information content (AvgIpc) is 3.16. The van der Waals surface area contributed by atoms with E-state index in [1.165, 1.54) is 12.1 Å². The van der Waals surface area contributed by atoms with Crippen molar-refractivity contribution in [2.75, 3.05) is 38.6 Å². The highest BCUT2D eigenvalue weighted by atomic mass is 19.2. The number of hydrogen-bond donors (Lipinski definition) is 2. The maximum absolute atomic E-state index is 14.2. The Morgan fingerprint density at radius 1 is 1.25 bits per heavy atom. The van der Waals surface area contributed by atoms with Crippen molar-refractivity contribution in [3.05, 3.63) is 53.4 Å². The highest BCUT2D eigenvalue weighted by Gasteiger charge is 2.33. The number of aromatic amines is 1. The molecule has 1 aromatic carbocycles. The summed E-state index contributed by atoms with van der Waals surface area (Å²) in [4.78, 5) is 26.6. The Labute approximate surface area is 208 Å². The van der Waals surface area contributed by atoms with Crippen molar-refractivity contribution in [1.29, 1.82) is 0 Å². The second kappa shape index (κ2) is 8.67. The highest BCUT2D eigenvalue weighted by molar-refractivity contribution is 6.02. The van der Waals surface area contributed by atoms with Gasteiger partial charge in [0.25, 0.3) is 0 Å². The lowest BCUT2D eigenvalue weighted by molar-refractivity contribution is -0.136. The molecule has 3 aromatic rings. The molecular weight excluding hydrogens is 464 g/mol. The molecule has 0 unspecified atom stereocenters. The molecule has 2 aromatic heterocycles. The maximum atomic E-state index is 14.2. The number of carbonyl (C=O) groups is 1. The van der Waals surface area contributed by atoms with Crippen molar-refractivity contribution < 1.29 is 18.7 Å². The van der Waals surface area contributed by atoms with Crippen LogP contribution in [0, 0.1) is 11.6 Å². The molecule has 0 atom stereocenters. The summed E-state index contributed by atoms with van der Waals surface area (Å²) in [5, 5.41) is 10.5. The van der Waals surface area contributed by atoms with Crippen LogP contribution in [-0.2, 0) is 11.3 Å². The molecule has 0 spiro atoms. The Morgan fingerprint density at radius 3 is 2.75 bits per heavy atom. The molecule has 4 heterocycles. The molecule has 3 aliphatic rings. The smallest absolute Gasteiger partial charge is 0.236 e. The molecule has 1 saturated carbocycles. The van der Waals surface area contributed by atoms with E-state index in [0.717, 1.165) is 46.4 Å². The summed E-state index contributed by atoms with van der Waals surface area (Å²) in [5.41, 5.74) is 6.08. The van der Waals surface area contributed by atoms with Crippen LogP contribution in [0.4, 0.5) is 14.5 Å². The van der Waals surface area contributed by atoms with Crippen LogP contribution in [0.15, 0.2) is 30.5 Å². The highest BCUT2D eigenvalue weighted by Crippen LogP contribution is 2.43. The quantitative estimate of drug-likeness (QED) is 0.582. The zero-order valence-electron chi connectivity index (χ0n) is 20.4. The summed E-state index contributed by atoms with van der Waals surface area (Å²) in [6, 6.07) is 4.53. The van der Waals surface area contributed by atoms with Crippen molar-refractivity contribution in [1.82, 2.24) is 19.8 Å². The number of fused-ring (bicyclic) bond motifs is 2. The van der Waals surface area contributed by atoms with E-state index < -0.39 is 11.6 Å². The van der Waals surface area contributed by atoms with E-state index in [2.05, 4.69) is 20.9 Å². The van der Waals surface area contributed by atoms with Crippen molar-refractivity contribution in [2.45, 2.75) is 38.0 Å². The summed E-state index contributed by atoms with van der Waals surface area (Å²) in [6.45, 7) is 2.29. The van der Waals surface area contributed by atoms with Crippen molar-refractivity contribution in [3.63, 3.8) is 0 Å². The van der Waals surface area contributed by atoms with E-state index in [4.69, 9.17) is 0 Å². The molecule has 1 amide bonds. The van der Waals surface area contributed by atoms with Gasteiger partial charge in [0.1, 0.15) is 5.65 Å². The van der Waals surface area contributed by atoms with Gasteiger partial charge in [0.2, 0.25) is 5.91 Å². The van der Waals surface area contributed by atoms with Crippen LogP contribution >= 0.6 is 0 Å². The predicted molar refractivity (Wildman–Crippen MR) is 134 cm³/mol. The van der Waals surface area contributed by atoms with Crippen molar-refractivity contribution >= 4 is 28.2 Å². The molecule has 0 radical (unpaired) electrons. The van der Waals surface area contributed by atoms with Crippen LogP contribution < -0.4 is 4.90 Å². The maximum Gasteiger partial charge on any atom is 0.236 e. The number of anilines is 1. The summed E-state index contributed by atoms with van der Waals surface area (Å²) >= 11 is 0. The lowest BCUT2D eigenvalue weighted by Crippen LogP contribution is -2.50. The van der Waals surface area contributed by atoms with Gasteiger partial charge in [-0.15, -0.1) is 0 Å². The van der Waals surface area contributed by atoms with E-state index >= 15 is 0 Å². The lowest BCUT2D eigenvalue weighted by atomic mass is 9.88. The van der Waals surface area contributed by atoms with Crippen LogP contribution in [-0.4, -0.2) is 76.7 Å². The molecular formula is C27H29F2N5O2. The van der Waals surface area contributed by atoms with Crippen LogP contribution in [0.1, 0.15) is 30.5 Å². The van der Waals surface area contributed by atoms with Crippen LogP contribution in [0.5, 0.6) is 0 Å². The van der Waals surface area contributed by atoms with Crippen LogP contribution in [0.25, 0.3) is 27.7 Å². The van der Waals surface area contributed by atoms with Crippen LogP contribution in [0.2, 0.25) is 0 Å². The standard InChI is InChI=1S/C27H29F2N5O2/c1-32-13-20-25-18(19-11-21(28)22(29)12-23(19)32)3-6-30-27(25)31-26(20)15-4-7-34(8-5-15)14-24(36)33(2)16-9-17(35)10-16/h3-4,6,11-12,16-17,35H,5,7-10,13-14H2,1-2H3,(H,30,31). The molecule has 6 rings (SSSR count). The number of nitrogens with one attached hydrogen (secondary N) is 1. The Bertz CT molecular complexity index is 1390. The Kier molecular flexibility index (Phi) is 5.57. The second-order valence-electron chi connectivity index (χ2n) is 10.2. The second-order valence-corrected chi connectivity index (χ2v) is 10.2. The minimum atomic E-state index is -0.866. The van der Waals surface area contributed by atoms with Crippen molar-refractivity contribution in [3.8, 4) is 11.1 Å². The number of aromatic nitrogens is 2. The average molecular weight is 494 g/mol. The lowest BCUT2D eigenvalue weighted by Gasteiger charge is -2.39. The predicted octanol–water partition coefficient (Wildman–Crippen LogP) is 3.53. The van der Waals surface area contributed by atoms with E-state index in [0.29, 0.717) is 43.7 Å². The monoisotopic (exact) mass is 493 g/mol. The summed E-state index contributed by atoms with van der Waals surface area (Å²) < 4.78 is 28.3. The molecule has 1 aliphatic carbocycles. The third-order valence-corrected chi connectivity index (χ3v) is 7.94. The fourth-order valence-corrected chi connectivity index (χ4v) is 5.69. The van der Waals surface area contributed by atoms with Gasteiger partial charge in [0, 0.05) is 79.9 Å². The molecule has 0 bridgehead atoms. The number of hydrogen-bond acceptors (Lipinski definition) is 5. The first-order valence-electron chi connectivity index (χ1n) is 12.4. The van der Waals surface area contributed by atoms with Gasteiger partial charge in [-0.1, -0.05) is 6.08 Å².